The molecule has 0 aromatic heterocycles. The molecule has 1 unspecified atom stereocenters. The first-order valence-corrected chi connectivity index (χ1v) is 6.75. The fourth-order valence-corrected chi connectivity index (χ4v) is 1.86. The fraction of sp³-hybridized carbons (Fsp3) is 0.438. The van der Waals surface area contributed by atoms with Gasteiger partial charge in [0, 0.05) is 0 Å². The Balaban J connectivity index is 2.68. The smallest absolute Gasteiger partial charge is 0.407 e. The van der Waals surface area contributed by atoms with Crippen LogP contribution in [0, 0.1) is 0 Å². The highest BCUT2D eigenvalue weighted by Crippen LogP contribution is 2.19. The fourth-order valence-electron chi connectivity index (χ4n) is 1.86. The van der Waals surface area contributed by atoms with Crippen molar-refractivity contribution in [2.45, 2.75) is 39.7 Å². The molecule has 1 amide bonds. The van der Waals surface area contributed by atoms with Crippen LogP contribution < -0.4 is 5.32 Å². The van der Waals surface area contributed by atoms with Gasteiger partial charge in [-0.05, 0) is 39.2 Å². The maximum absolute atomic E-state index is 11.6. The molecule has 1 atom stereocenters. The normalized spacial score (nSPS) is 11.5. The molecule has 104 valence electrons. The molecule has 1 aromatic carbocycles. The Morgan fingerprint density at radius 2 is 2.00 bits per heavy atom. The number of hydrogen-bond acceptors (Lipinski definition) is 2. The molecule has 0 fully saturated rings. The van der Waals surface area contributed by atoms with Crippen LogP contribution in [0.1, 0.15) is 45.2 Å². The lowest BCUT2D eigenvalue weighted by Crippen LogP contribution is -2.29. The van der Waals surface area contributed by atoms with Crippen LogP contribution in [0.25, 0.3) is 0 Å². The van der Waals surface area contributed by atoms with Gasteiger partial charge in [-0.1, -0.05) is 42.0 Å². The molecule has 0 aliphatic rings. The minimum absolute atomic E-state index is 0.00384. The number of rotatable bonds is 6. The zero-order valence-electron chi connectivity index (χ0n) is 12.0. The van der Waals surface area contributed by atoms with Gasteiger partial charge in [0.1, 0.15) is 0 Å². The van der Waals surface area contributed by atoms with Crippen molar-refractivity contribution in [2.75, 3.05) is 6.61 Å². The third kappa shape index (κ3) is 6.09. The van der Waals surface area contributed by atoms with E-state index in [4.69, 9.17) is 4.74 Å². The van der Waals surface area contributed by atoms with E-state index in [1.165, 1.54) is 5.57 Å². The molecule has 0 spiro atoms. The van der Waals surface area contributed by atoms with Crippen molar-refractivity contribution in [2.24, 2.45) is 0 Å². The predicted octanol–water partition coefficient (Wildman–Crippen LogP) is 4.22. The first-order valence-electron chi connectivity index (χ1n) is 6.75. The van der Waals surface area contributed by atoms with E-state index < -0.39 is 0 Å². The number of carbonyl (C=O) groups is 1. The van der Waals surface area contributed by atoms with Crippen molar-refractivity contribution < 1.29 is 9.53 Å². The Labute approximate surface area is 115 Å². The lowest BCUT2D eigenvalue weighted by molar-refractivity contribution is 0.147. The number of hydrogen-bond donors (Lipinski definition) is 1. The summed E-state index contributed by atoms with van der Waals surface area (Å²) in [5.74, 6) is 0. The average Bonchev–Trinajstić information content (AvgIpc) is 2.38. The second-order valence-electron chi connectivity index (χ2n) is 4.69. The number of alkyl carbamates (subject to hydrolysis) is 1. The van der Waals surface area contributed by atoms with Gasteiger partial charge in [-0.15, -0.1) is 0 Å². The summed E-state index contributed by atoms with van der Waals surface area (Å²) < 4.78 is 4.96. The first-order chi connectivity index (χ1) is 9.13. The van der Waals surface area contributed by atoms with Crippen molar-refractivity contribution in [1.82, 2.24) is 5.32 Å². The Morgan fingerprint density at radius 3 is 2.58 bits per heavy atom. The predicted molar refractivity (Wildman–Crippen MR) is 78.0 cm³/mol. The highest BCUT2D eigenvalue weighted by molar-refractivity contribution is 5.67. The first kappa shape index (κ1) is 15.3. The van der Waals surface area contributed by atoms with E-state index >= 15 is 0 Å². The van der Waals surface area contributed by atoms with Gasteiger partial charge in [0.05, 0.1) is 12.6 Å². The van der Waals surface area contributed by atoms with Gasteiger partial charge in [-0.3, -0.25) is 0 Å². The van der Waals surface area contributed by atoms with Crippen molar-refractivity contribution in [3.63, 3.8) is 0 Å². The van der Waals surface area contributed by atoms with Gasteiger partial charge in [-0.2, -0.15) is 0 Å². The molecule has 0 radical (unpaired) electrons. The van der Waals surface area contributed by atoms with Gasteiger partial charge in [0.15, 0.2) is 0 Å². The highest BCUT2D eigenvalue weighted by atomic mass is 16.5. The van der Waals surface area contributed by atoms with Crippen molar-refractivity contribution in [1.29, 1.82) is 0 Å². The molecule has 0 aliphatic heterocycles. The molecular formula is C16H23NO2. The Hall–Kier alpha value is -1.77. The number of allylic oxidation sites excluding steroid dienone is 2. The summed E-state index contributed by atoms with van der Waals surface area (Å²) in [7, 11) is 0. The third-order valence-electron chi connectivity index (χ3n) is 2.78. The average molecular weight is 261 g/mol. The van der Waals surface area contributed by atoms with Crippen LogP contribution in [0.2, 0.25) is 0 Å². The lowest BCUT2D eigenvalue weighted by Gasteiger charge is -2.18. The SMILES string of the molecule is CCOC(=O)NC(CCC=C(C)C)c1ccccc1. The summed E-state index contributed by atoms with van der Waals surface area (Å²) in [4.78, 5) is 11.6. The summed E-state index contributed by atoms with van der Waals surface area (Å²) in [5, 5.41) is 2.92. The zero-order chi connectivity index (χ0) is 14.1. The van der Waals surface area contributed by atoms with Gasteiger partial charge >= 0.3 is 6.09 Å². The van der Waals surface area contributed by atoms with Crippen molar-refractivity contribution in [3.05, 3.63) is 47.5 Å². The van der Waals surface area contributed by atoms with E-state index in [9.17, 15) is 4.79 Å². The molecule has 0 aliphatic carbocycles. The van der Waals surface area contributed by atoms with E-state index in [1.54, 1.807) is 6.92 Å². The zero-order valence-corrected chi connectivity index (χ0v) is 12.0. The summed E-state index contributed by atoms with van der Waals surface area (Å²) >= 11 is 0. The van der Waals surface area contributed by atoms with Crippen LogP contribution in [0.4, 0.5) is 4.79 Å². The van der Waals surface area contributed by atoms with E-state index in [2.05, 4.69) is 25.2 Å². The number of benzene rings is 1. The van der Waals surface area contributed by atoms with Crippen LogP contribution in [-0.2, 0) is 4.74 Å². The monoisotopic (exact) mass is 261 g/mol. The second kappa shape index (κ2) is 8.35. The molecule has 1 rings (SSSR count). The van der Waals surface area contributed by atoms with Crippen LogP contribution in [0.3, 0.4) is 0 Å². The largest absolute Gasteiger partial charge is 0.450 e. The molecule has 1 N–H and O–H groups in total. The minimum Gasteiger partial charge on any atom is -0.450 e. The molecule has 0 saturated heterocycles. The van der Waals surface area contributed by atoms with E-state index in [1.807, 2.05) is 30.3 Å². The van der Waals surface area contributed by atoms with Crippen LogP contribution in [0.15, 0.2) is 42.0 Å². The van der Waals surface area contributed by atoms with Gasteiger partial charge in [0.25, 0.3) is 0 Å². The summed E-state index contributed by atoms with van der Waals surface area (Å²) in [6, 6.07) is 9.99. The minimum atomic E-state index is -0.353. The van der Waals surface area contributed by atoms with Crippen LogP contribution >= 0.6 is 0 Å². The Kier molecular flexibility index (Phi) is 6.72. The van der Waals surface area contributed by atoms with Gasteiger partial charge in [-0.25, -0.2) is 4.79 Å². The summed E-state index contributed by atoms with van der Waals surface area (Å²) in [5.41, 5.74) is 2.40. The molecule has 0 bridgehead atoms. The van der Waals surface area contributed by atoms with Crippen LogP contribution in [0.5, 0.6) is 0 Å². The molecule has 0 heterocycles. The highest BCUT2D eigenvalue weighted by Gasteiger charge is 2.14. The summed E-state index contributed by atoms with van der Waals surface area (Å²) in [6.45, 7) is 6.36. The number of ether oxygens (including phenoxy) is 1. The quantitative estimate of drug-likeness (QED) is 0.779. The van der Waals surface area contributed by atoms with Crippen molar-refractivity contribution >= 4 is 6.09 Å². The van der Waals surface area contributed by atoms with Gasteiger partial charge in [0.2, 0.25) is 0 Å². The second-order valence-corrected chi connectivity index (χ2v) is 4.69. The topological polar surface area (TPSA) is 38.3 Å². The van der Waals surface area contributed by atoms with Gasteiger partial charge < -0.3 is 10.1 Å². The molecule has 19 heavy (non-hydrogen) atoms. The lowest BCUT2D eigenvalue weighted by atomic mass is 10.0. The molecule has 1 aromatic rings. The van der Waals surface area contributed by atoms with E-state index in [0.29, 0.717) is 6.61 Å². The van der Waals surface area contributed by atoms with Crippen LogP contribution in [-0.4, -0.2) is 12.7 Å². The molecule has 3 nitrogen and oxygen atoms in total. The number of carbonyl (C=O) groups excluding carboxylic acids is 1. The molecule has 0 saturated carbocycles. The number of nitrogens with one attached hydrogen (secondary N) is 1. The Bertz CT molecular complexity index is 408. The van der Waals surface area contributed by atoms with E-state index in [0.717, 1.165) is 18.4 Å². The maximum Gasteiger partial charge on any atom is 0.407 e. The molecular weight excluding hydrogens is 238 g/mol. The third-order valence-corrected chi connectivity index (χ3v) is 2.78. The van der Waals surface area contributed by atoms with Crippen molar-refractivity contribution in [3.8, 4) is 0 Å². The molecule has 3 heteroatoms. The number of amides is 1. The Morgan fingerprint density at radius 1 is 1.32 bits per heavy atom. The summed E-state index contributed by atoms with van der Waals surface area (Å²) in [6.07, 6.45) is 3.64. The van der Waals surface area contributed by atoms with E-state index in [-0.39, 0.29) is 12.1 Å². The standard InChI is InChI=1S/C16H23NO2/c1-4-19-16(18)17-15(12-8-9-13(2)3)14-10-6-5-7-11-14/h5-7,9-11,15H,4,8,12H2,1-3H3,(H,17,18). The maximum atomic E-state index is 11.6.